The van der Waals surface area contributed by atoms with Gasteiger partial charge in [0.1, 0.15) is 6.26 Å². The van der Waals surface area contributed by atoms with Gasteiger partial charge in [0.25, 0.3) is 5.91 Å². The van der Waals surface area contributed by atoms with E-state index in [0.717, 1.165) is 24.7 Å². The van der Waals surface area contributed by atoms with E-state index in [4.69, 9.17) is 21.1 Å². The summed E-state index contributed by atoms with van der Waals surface area (Å²) >= 11 is 5.89. The van der Waals surface area contributed by atoms with Crippen LogP contribution in [-0.4, -0.2) is 23.5 Å². The van der Waals surface area contributed by atoms with Gasteiger partial charge in [0.15, 0.2) is 5.76 Å². The molecule has 0 bridgehead atoms. The predicted molar refractivity (Wildman–Crippen MR) is 80.4 cm³/mol. The van der Waals surface area contributed by atoms with E-state index in [2.05, 4.69) is 5.32 Å². The molecule has 0 spiro atoms. The Morgan fingerprint density at radius 2 is 1.95 bits per heavy atom. The van der Waals surface area contributed by atoms with Crippen LogP contribution in [0.25, 0.3) is 0 Å². The number of furan rings is 1. The SMILES string of the molecule is O=C(O)c1coc(C(=O)NCC2(c3ccc(Cl)cc3)CC2)c1. The minimum absolute atomic E-state index is 0.00399. The van der Waals surface area contributed by atoms with Gasteiger partial charge in [-0.15, -0.1) is 0 Å². The van der Waals surface area contributed by atoms with Crippen molar-refractivity contribution in [3.8, 4) is 0 Å². The number of aromatic carboxylic acids is 1. The van der Waals surface area contributed by atoms with Crippen LogP contribution in [0, 0.1) is 0 Å². The van der Waals surface area contributed by atoms with E-state index in [1.54, 1.807) is 0 Å². The number of benzene rings is 1. The van der Waals surface area contributed by atoms with Gasteiger partial charge in [-0.1, -0.05) is 23.7 Å². The number of hydrogen-bond donors (Lipinski definition) is 2. The minimum Gasteiger partial charge on any atom is -0.478 e. The van der Waals surface area contributed by atoms with Gasteiger partial charge in [0, 0.05) is 23.0 Å². The molecule has 5 nitrogen and oxygen atoms in total. The lowest BCUT2D eigenvalue weighted by Crippen LogP contribution is -2.32. The lowest BCUT2D eigenvalue weighted by atomic mass is 9.96. The first-order valence-electron chi connectivity index (χ1n) is 6.86. The number of carboxylic acids is 1. The van der Waals surface area contributed by atoms with E-state index < -0.39 is 11.9 Å². The Balaban J connectivity index is 1.65. The second kappa shape index (κ2) is 5.50. The summed E-state index contributed by atoms with van der Waals surface area (Å²) in [4.78, 5) is 22.8. The molecule has 22 heavy (non-hydrogen) atoms. The van der Waals surface area contributed by atoms with Crippen molar-refractivity contribution < 1.29 is 19.1 Å². The molecular weight excluding hydrogens is 306 g/mol. The van der Waals surface area contributed by atoms with Crippen molar-refractivity contribution >= 4 is 23.5 Å². The van der Waals surface area contributed by atoms with Crippen LogP contribution in [0.3, 0.4) is 0 Å². The zero-order valence-corrected chi connectivity index (χ0v) is 12.4. The smallest absolute Gasteiger partial charge is 0.338 e. The van der Waals surface area contributed by atoms with E-state index in [1.807, 2.05) is 24.3 Å². The number of carbonyl (C=O) groups excluding carboxylic acids is 1. The number of halogens is 1. The summed E-state index contributed by atoms with van der Waals surface area (Å²) in [5, 5.41) is 12.3. The molecule has 0 atom stereocenters. The van der Waals surface area contributed by atoms with Crippen molar-refractivity contribution in [2.45, 2.75) is 18.3 Å². The van der Waals surface area contributed by atoms with Gasteiger partial charge in [-0.3, -0.25) is 4.79 Å². The van der Waals surface area contributed by atoms with Crippen LogP contribution in [0.5, 0.6) is 0 Å². The largest absolute Gasteiger partial charge is 0.478 e. The number of nitrogens with one attached hydrogen (secondary N) is 1. The molecule has 1 fully saturated rings. The van der Waals surface area contributed by atoms with Crippen molar-refractivity contribution in [1.82, 2.24) is 5.32 Å². The third kappa shape index (κ3) is 2.85. The first kappa shape index (κ1) is 14.7. The fourth-order valence-corrected chi connectivity index (χ4v) is 2.55. The van der Waals surface area contributed by atoms with Gasteiger partial charge >= 0.3 is 5.97 Å². The first-order valence-corrected chi connectivity index (χ1v) is 7.24. The molecule has 1 aliphatic carbocycles. The molecular formula is C16H14ClNO4. The van der Waals surface area contributed by atoms with Crippen LogP contribution >= 0.6 is 11.6 Å². The van der Waals surface area contributed by atoms with Crippen LogP contribution in [0.15, 0.2) is 41.0 Å². The molecule has 2 aromatic rings. The van der Waals surface area contributed by atoms with E-state index in [9.17, 15) is 9.59 Å². The van der Waals surface area contributed by atoms with Crippen LogP contribution in [0.1, 0.15) is 39.3 Å². The minimum atomic E-state index is -1.12. The van der Waals surface area contributed by atoms with Crippen molar-refractivity contribution in [1.29, 1.82) is 0 Å². The maximum Gasteiger partial charge on any atom is 0.338 e. The van der Waals surface area contributed by atoms with Gasteiger partial charge in [-0.25, -0.2) is 4.79 Å². The molecule has 1 aromatic carbocycles. The Labute approximate surface area is 131 Å². The maximum atomic E-state index is 12.0. The third-order valence-corrected chi connectivity index (χ3v) is 4.22. The summed E-state index contributed by atoms with van der Waals surface area (Å²) in [5.74, 6) is -1.53. The fourth-order valence-electron chi connectivity index (χ4n) is 2.43. The van der Waals surface area contributed by atoms with E-state index >= 15 is 0 Å². The molecule has 0 unspecified atom stereocenters. The van der Waals surface area contributed by atoms with E-state index in [1.165, 1.54) is 6.07 Å². The molecule has 1 amide bonds. The van der Waals surface area contributed by atoms with Crippen molar-refractivity contribution in [3.63, 3.8) is 0 Å². The highest BCUT2D eigenvalue weighted by molar-refractivity contribution is 6.30. The second-order valence-corrected chi connectivity index (χ2v) is 5.91. The van der Waals surface area contributed by atoms with Crippen LogP contribution in [-0.2, 0) is 5.41 Å². The number of rotatable bonds is 5. The van der Waals surface area contributed by atoms with Gasteiger partial charge in [-0.2, -0.15) is 0 Å². The molecule has 3 rings (SSSR count). The molecule has 1 aliphatic rings. The van der Waals surface area contributed by atoms with E-state index in [-0.39, 0.29) is 16.7 Å². The second-order valence-electron chi connectivity index (χ2n) is 5.47. The Hall–Kier alpha value is -2.27. The maximum absolute atomic E-state index is 12.0. The van der Waals surface area contributed by atoms with Crippen LogP contribution in [0.2, 0.25) is 5.02 Å². The summed E-state index contributed by atoms with van der Waals surface area (Å²) in [5.41, 5.74) is 1.05. The number of amides is 1. The molecule has 0 saturated heterocycles. The van der Waals surface area contributed by atoms with Crippen molar-refractivity contribution in [2.75, 3.05) is 6.54 Å². The molecule has 1 heterocycles. The Morgan fingerprint density at radius 1 is 1.27 bits per heavy atom. The summed E-state index contributed by atoms with van der Waals surface area (Å²) < 4.78 is 4.98. The Kier molecular flexibility index (Phi) is 3.66. The first-order chi connectivity index (χ1) is 10.5. The highest BCUT2D eigenvalue weighted by Gasteiger charge is 2.44. The van der Waals surface area contributed by atoms with Crippen molar-refractivity contribution in [2.24, 2.45) is 0 Å². The average Bonchev–Trinajstić information content (AvgIpc) is 3.11. The summed E-state index contributed by atoms with van der Waals surface area (Å²) in [6, 6.07) is 8.84. The summed E-state index contributed by atoms with van der Waals surface area (Å²) in [7, 11) is 0. The monoisotopic (exact) mass is 319 g/mol. The molecule has 6 heteroatoms. The fraction of sp³-hybridized carbons (Fsp3) is 0.250. The Bertz CT molecular complexity index is 716. The molecule has 0 radical (unpaired) electrons. The summed E-state index contributed by atoms with van der Waals surface area (Å²) in [6.07, 6.45) is 3.05. The zero-order valence-electron chi connectivity index (χ0n) is 11.6. The van der Waals surface area contributed by atoms with E-state index in [0.29, 0.717) is 11.6 Å². The van der Waals surface area contributed by atoms with Gasteiger partial charge < -0.3 is 14.8 Å². The normalized spacial score (nSPS) is 15.3. The summed E-state index contributed by atoms with van der Waals surface area (Å²) in [6.45, 7) is 0.483. The molecule has 114 valence electrons. The number of carboxylic acid groups (broad SMARTS) is 1. The standard InChI is InChI=1S/C16H14ClNO4/c17-12-3-1-11(2-4-12)16(5-6-16)9-18-14(19)13-7-10(8-22-13)15(20)21/h1-4,7-8H,5-6,9H2,(H,18,19)(H,20,21). The molecule has 1 saturated carbocycles. The van der Waals surface area contributed by atoms with Crippen molar-refractivity contribution in [3.05, 3.63) is 58.5 Å². The molecule has 1 aromatic heterocycles. The molecule has 2 N–H and O–H groups in total. The number of hydrogen-bond acceptors (Lipinski definition) is 3. The van der Waals surface area contributed by atoms with Crippen LogP contribution < -0.4 is 5.32 Å². The Morgan fingerprint density at radius 3 is 2.50 bits per heavy atom. The lowest BCUT2D eigenvalue weighted by molar-refractivity contribution is 0.0696. The zero-order chi connectivity index (χ0) is 15.7. The van der Waals surface area contributed by atoms with Gasteiger partial charge in [0.05, 0.1) is 5.56 Å². The average molecular weight is 320 g/mol. The topological polar surface area (TPSA) is 79.5 Å². The van der Waals surface area contributed by atoms with Gasteiger partial charge in [0.2, 0.25) is 0 Å². The third-order valence-electron chi connectivity index (χ3n) is 3.97. The highest BCUT2D eigenvalue weighted by atomic mass is 35.5. The molecule has 0 aliphatic heterocycles. The quantitative estimate of drug-likeness (QED) is 0.887. The predicted octanol–water partition coefficient (Wildman–Crippen LogP) is 3.09. The van der Waals surface area contributed by atoms with Gasteiger partial charge in [-0.05, 0) is 30.5 Å². The number of carbonyl (C=O) groups is 2. The van der Waals surface area contributed by atoms with Crippen LogP contribution in [0.4, 0.5) is 0 Å². The highest BCUT2D eigenvalue weighted by Crippen LogP contribution is 2.47. The lowest BCUT2D eigenvalue weighted by Gasteiger charge is -2.16.